The molecule has 1 aromatic carbocycles. The van der Waals surface area contributed by atoms with Crippen LogP contribution in [0.2, 0.25) is 0 Å². The Kier molecular flexibility index (Phi) is 2.94. The average Bonchev–Trinajstić information content (AvgIpc) is 2.82. The fourth-order valence-corrected chi connectivity index (χ4v) is 2.35. The zero-order valence-corrected chi connectivity index (χ0v) is 10.0. The molecule has 0 radical (unpaired) electrons. The van der Waals surface area contributed by atoms with E-state index in [9.17, 15) is 0 Å². The van der Waals surface area contributed by atoms with E-state index in [1.54, 1.807) is 12.4 Å². The van der Waals surface area contributed by atoms with Crippen molar-refractivity contribution in [2.45, 2.75) is 25.5 Å². The summed E-state index contributed by atoms with van der Waals surface area (Å²) in [6.45, 7) is -0.0187. The molecule has 0 saturated heterocycles. The first-order chi connectivity index (χ1) is 8.85. The maximum Gasteiger partial charge on any atom is 0.222 e. The summed E-state index contributed by atoms with van der Waals surface area (Å²) in [6.07, 6.45) is 5.33. The lowest BCUT2D eigenvalue weighted by Crippen LogP contribution is -2.21. The van der Waals surface area contributed by atoms with Crippen LogP contribution < -0.4 is 5.32 Å². The highest BCUT2D eigenvalue weighted by molar-refractivity contribution is 5.38. The van der Waals surface area contributed by atoms with E-state index in [1.165, 1.54) is 11.1 Å². The molecule has 0 fully saturated rings. The van der Waals surface area contributed by atoms with E-state index in [1.807, 2.05) is 0 Å². The van der Waals surface area contributed by atoms with Crippen molar-refractivity contribution < 1.29 is 5.11 Å². The molecule has 1 heterocycles. The Morgan fingerprint density at radius 3 is 2.28 bits per heavy atom. The Morgan fingerprint density at radius 2 is 1.72 bits per heavy atom. The predicted octanol–water partition coefficient (Wildman–Crippen LogP) is 1.55. The molecule has 1 aromatic heterocycles. The van der Waals surface area contributed by atoms with Gasteiger partial charge in [0.1, 0.15) is 0 Å². The number of nitrogens with one attached hydrogen (secondary N) is 1. The van der Waals surface area contributed by atoms with Gasteiger partial charge in [-0.25, -0.2) is 9.97 Å². The van der Waals surface area contributed by atoms with Crippen molar-refractivity contribution in [1.29, 1.82) is 0 Å². The first-order valence-corrected chi connectivity index (χ1v) is 6.10. The standard InChI is InChI=1S/C14H15N3O/c18-9-10-7-15-14(16-8-10)17-13-5-11-3-1-2-4-12(11)6-13/h1-4,7-8,13,18H,5-6,9H2,(H,15,16,17). The third-order valence-electron chi connectivity index (χ3n) is 3.27. The predicted molar refractivity (Wildman–Crippen MR) is 69.2 cm³/mol. The van der Waals surface area contributed by atoms with Crippen LogP contribution >= 0.6 is 0 Å². The molecule has 0 atom stereocenters. The van der Waals surface area contributed by atoms with Crippen molar-refractivity contribution in [2.24, 2.45) is 0 Å². The number of hydrogen-bond acceptors (Lipinski definition) is 4. The van der Waals surface area contributed by atoms with Crippen LogP contribution in [0.4, 0.5) is 5.95 Å². The molecule has 0 spiro atoms. The number of anilines is 1. The van der Waals surface area contributed by atoms with Gasteiger partial charge in [-0.1, -0.05) is 24.3 Å². The minimum Gasteiger partial charge on any atom is -0.392 e. The van der Waals surface area contributed by atoms with Crippen molar-refractivity contribution in [1.82, 2.24) is 9.97 Å². The summed E-state index contributed by atoms with van der Waals surface area (Å²) in [5.74, 6) is 0.630. The summed E-state index contributed by atoms with van der Waals surface area (Å²) in [5.41, 5.74) is 3.54. The molecular weight excluding hydrogens is 226 g/mol. The molecule has 0 saturated carbocycles. The van der Waals surface area contributed by atoms with Crippen LogP contribution in [0, 0.1) is 0 Å². The second-order valence-electron chi connectivity index (χ2n) is 4.59. The van der Waals surface area contributed by atoms with Gasteiger partial charge in [-0.05, 0) is 24.0 Å². The Balaban J connectivity index is 1.68. The third-order valence-corrected chi connectivity index (χ3v) is 3.27. The van der Waals surface area contributed by atoms with E-state index in [2.05, 4.69) is 39.6 Å². The first kappa shape index (κ1) is 11.2. The van der Waals surface area contributed by atoms with E-state index < -0.39 is 0 Å². The van der Waals surface area contributed by atoms with E-state index in [4.69, 9.17) is 5.11 Å². The van der Waals surface area contributed by atoms with Crippen LogP contribution in [-0.4, -0.2) is 21.1 Å². The number of nitrogens with zero attached hydrogens (tertiary/aromatic N) is 2. The zero-order valence-electron chi connectivity index (χ0n) is 10.0. The van der Waals surface area contributed by atoms with Crippen LogP contribution in [0.1, 0.15) is 16.7 Å². The third kappa shape index (κ3) is 2.19. The van der Waals surface area contributed by atoms with E-state index in [0.29, 0.717) is 12.0 Å². The summed E-state index contributed by atoms with van der Waals surface area (Å²) in [5, 5.41) is 12.3. The zero-order chi connectivity index (χ0) is 12.4. The molecule has 4 nitrogen and oxygen atoms in total. The summed E-state index contributed by atoms with van der Waals surface area (Å²) in [6, 6.07) is 8.86. The van der Waals surface area contributed by atoms with Gasteiger partial charge in [-0.3, -0.25) is 0 Å². The molecule has 2 aromatic rings. The van der Waals surface area contributed by atoms with Crippen molar-refractivity contribution >= 4 is 5.95 Å². The van der Waals surface area contributed by atoms with Gasteiger partial charge in [-0.2, -0.15) is 0 Å². The Morgan fingerprint density at radius 1 is 1.11 bits per heavy atom. The molecule has 0 amide bonds. The first-order valence-electron chi connectivity index (χ1n) is 6.10. The SMILES string of the molecule is OCc1cnc(NC2Cc3ccccc3C2)nc1. The summed E-state index contributed by atoms with van der Waals surface area (Å²) >= 11 is 0. The highest BCUT2D eigenvalue weighted by Gasteiger charge is 2.21. The number of rotatable bonds is 3. The van der Waals surface area contributed by atoms with E-state index in [-0.39, 0.29) is 6.61 Å². The Bertz CT molecular complexity index is 514. The molecule has 0 aliphatic heterocycles. The van der Waals surface area contributed by atoms with Crippen LogP contribution in [0.25, 0.3) is 0 Å². The number of fused-ring (bicyclic) bond motifs is 1. The highest BCUT2D eigenvalue weighted by atomic mass is 16.3. The topological polar surface area (TPSA) is 58.0 Å². The maximum absolute atomic E-state index is 8.93. The van der Waals surface area contributed by atoms with Crippen LogP contribution in [0.15, 0.2) is 36.7 Å². The highest BCUT2D eigenvalue weighted by Crippen LogP contribution is 2.23. The molecule has 1 aliphatic rings. The van der Waals surface area contributed by atoms with Gasteiger partial charge in [0.15, 0.2) is 0 Å². The molecule has 0 unspecified atom stereocenters. The van der Waals surface area contributed by atoms with Crippen LogP contribution in [0.3, 0.4) is 0 Å². The van der Waals surface area contributed by atoms with Gasteiger partial charge in [0.25, 0.3) is 0 Å². The molecule has 1 aliphatic carbocycles. The Hall–Kier alpha value is -1.94. The van der Waals surface area contributed by atoms with Crippen molar-refractivity contribution in [3.05, 3.63) is 53.3 Å². The fraction of sp³-hybridized carbons (Fsp3) is 0.286. The average molecular weight is 241 g/mol. The molecule has 0 bridgehead atoms. The molecule has 92 valence electrons. The second-order valence-corrected chi connectivity index (χ2v) is 4.59. The van der Waals surface area contributed by atoms with Gasteiger partial charge < -0.3 is 10.4 Å². The summed E-state index contributed by atoms with van der Waals surface area (Å²) < 4.78 is 0. The van der Waals surface area contributed by atoms with Gasteiger partial charge in [0.2, 0.25) is 5.95 Å². The van der Waals surface area contributed by atoms with Crippen LogP contribution in [0.5, 0.6) is 0 Å². The van der Waals surface area contributed by atoms with Crippen molar-refractivity contribution in [3.63, 3.8) is 0 Å². The van der Waals surface area contributed by atoms with E-state index >= 15 is 0 Å². The van der Waals surface area contributed by atoms with E-state index in [0.717, 1.165) is 18.4 Å². The molecule has 3 rings (SSSR count). The number of aliphatic hydroxyl groups is 1. The monoisotopic (exact) mass is 241 g/mol. The molecular formula is C14H15N3O. The lowest BCUT2D eigenvalue weighted by Gasteiger charge is -2.11. The normalized spacial score (nSPS) is 14.5. The van der Waals surface area contributed by atoms with Gasteiger partial charge >= 0.3 is 0 Å². The maximum atomic E-state index is 8.93. The fourth-order valence-electron chi connectivity index (χ4n) is 2.35. The van der Waals surface area contributed by atoms with Gasteiger partial charge in [0, 0.05) is 24.0 Å². The minimum atomic E-state index is -0.0187. The van der Waals surface area contributed by atoms with Crippen molar-refractivity contribution in [2.75, 3.05) is 5.32 Å². The number of aliphatic hydroxyl groups excluding tert-OH is 1. The van der Waals surface area contributed by atoms with Crippen molar-refractivity contribution in [3.8, 4) is 0 Å². The number of benzene rings is 1. The molecule has 18 heavy (non-hydrogen) atoms. The lowest BCUT2D eigenvalue weighted by molar-refractivity contribution is 0.281. The van der Waals surface area contributed by atoms with Crippen LogP contribution in [-0.2, 0) is 19.4 Å². The van der Waals surface area contributed by atoms with Gasteiger partial charge in [-0.15, -0.1) is 0 Å². The number of aromatic nitrogens is 2. The molecule has 2 N–H and O–H groups in total. The summed E-state index contributed by atoms with van der Waals surface area (Å²) in [7, 11) is 0. The summed E-state index contributed by atoms with van der Waals surface area (Å²) in [4.78, 5) is 8.39. The lowest BCUT2D eigenvalue weighted by atomic mass is 10.1. The van der Waals surface area contributed by atoms with Gasteiger partial charge in [0.05, 0.1) is 6.61 Å². The molecule has 4 heteroatoms. The quantitative estimate of drug-likeness (QED) is 0.856. The number of hydrogen-bond donors (Lipinski definition) is 2. The largest absolute Gasteiger partial charge is 0.392 e. The second kappa shape index (κ2) is 4.74. The smallest absolute Gasteiger partial charge is 0.222 e. The minimum absolute atomic E-state index is 0.0187. The Labute approximate surface area is 106 Å².